The molecule has 0 bridgehead atoms. The number of ketones is 1. The molecular formula is C31H48O3Si2. The minimum Gasteiger partial charge on any atom is -0.414 e. The van der Waals surface area contributed by atoms with E-state index in [9.17, 15) is 4.79 Å². The first-order valence-electron chi connectivity index (χ1n) is 13.2. The van der Waals surface area contributed by atoms with Crippen LogP contribution in [0.1, 0.15) is 67.7 Å². The van der Waals surface area contributed by atoms with Crippen LogP contribution in [0.5, 0.6) is 0 Å². The summed E-state index contributed by atoms with van der Waals surface area (Å²) in [6, 6.07) is 21.5. The summed E-state index contributed by atoms with van der Waals surface area (Å²) in [5.74, 6) is 0.0439. The van der Waals surface area contributed by atoms with Crippen molar-refractivity contribution in [2.75, 3.05) is 6.61 Å². The highest BCUT2D eigenvalue weighted by Gasteiger charge is 2.50. The first kappa shape index (κ1) is 30.4. The molecule has 0 saturated carbocycles. The van der Waals surface area contributed by atoms with Crippen molar-refractivity contribution in [3.63, 3.8) is 0 Å². The van der Waals surface area contributed by atoms with Gasteiger partial charge in [-0.15, -0.1) is 0 Å². The maximum Gasteiger partial charge on any atom is 0.261 e. The second kappa shape index (κ2) is 12.2. The molecule has 3 nitrogen and oxygen atoms in total. The molecule has 5 heteroatoms. The molecule has 0 heterocycles. The highest BCUT2D eigenvalue weighted by molar-refractivity contribution is 6.99. The summed E-state index contributed by atoms with van der Waals surface area (Å²) in [5.41, 5.74) is 0.645. The summed E-state index contributed by atoms with van der Waals surface area (Å²) in [7, 11) is -4.54. The van der Waals surface area contributed by atoms with Crippen LogP contribution in [0.4, 0.5) is 0 Å². The molecule has 0 saturated heterocycles. The number of benzene rings is 2. The highest BCUT2D eigenvalue weighted by atomic mass is 28.4. The Hall–Kier alpha value is -1.80. The Morgan fingerprint density at radius 2 is 1.33 bits per heavy atom. The van der Waals surface area contributed by atoms with Crippen LogP contribution >= 0.6 is 0 Å². The van der Waals surface area contributed by atoms with Gasteiger partial charge in [0.25, 0.3) is 8.32 Å². The number of Topliss-reactive ketones (excluding diaryl/α,β-unsaturated/α-hetero) is 1. The lowest BCUT2D eigenvalue weighted by Crippen LogP contribution is -2.66. The third-order valence-corrected chi connectivity index (χ3v) is 17.2. The van der Waals surface area contributed by atoms with Crippen LogP contribution in [-0.4, -0.2) is 35.1 Å². The minimum absolute atomic E-state index is 0.0231. The average Bonchev–Trinajstić information content (AvgIpc) is 2.78. The molecule has 0 aliphatic rings. The molecule has 0 spiro atoms. The van der Waals surface area contributed by atoms with Crippen molar-refractivity contribution < 1.29 is 13.6 Å². The van der Waals surface area contributed by atoms with Gasteiger partial charge in [0, 0.05) is 19.1 Å². The molecule has 0 radical (unpaired) electrons. The summed E-state index contributed by atoms with van der Waals surface area (Å²) in [4.78, 5) is 12.0. The molecule has 2 rings (SSSR count). The van der Waals surface area contributed by atoms with Crippen molar-refractivity contribution in [1.82, 2.24) is 0 Å². The van der Waals surface area contributed by atoms with Crippen LogP contribution in [0.25, 0.3) is 0 Å². The number of rotatable bonds is 12. The summed E-state index contributed by atoms with van der Waals surface area (Å²) < 4.78 is 13.8. The van der Waals surface area contributed by atoms with E-state index >= 15 is 0 Å². The van der Waals surface area contributed by atoms with Gasteiger partial charge in [-0.1, -0.05) is 109 Å². The normalized spacial score (nSPS) is 13.9. The van der Waals surface area contributed by atoms with Crippen molar-refractivity contribution in [3.8, 4) is 0 Å². The maximum absolute atomic E-state index is 12.0. The van der Waals surface area contributed by atoms with Crippen LogP contribution in [-0.2, 0) is 13.6 Å². The van der Waals surface area contributed by atoms with Crippen LogP contribution in [0.3, 0.4) is 0 Å². The SMILES string of the molecule is C=C(CC(CCCO[Si](c1ccccc1)(c1ccccc1)C(C)(C)C)O[Si](C)(C)C(C)(C)C)C(C)=O. The monoisotopic (exact) mass is 524 g/mol. The van der Waals surface area contributed by atoms with E-state index in [1.54, 1.807) is 6.92 Å². The largest absolute Gasteiger partial charge is 0.414 e. The maximum atomic E-state index is 12.0. The van der Waals surface area contributed by atoms with Gasteiger partial charge in [-0.25, -0.2) is 0 Å². The molecule has 36 heavy (non-hydrogen) atoms. The summed E-state index contributed by atoms with van der Waals surface area (Å²) in [6.45, 7) is 24.5. The van der Waals surface area contributed by atoms with E-state index < -0.39 is 16.6 Å². The van der Waals surface area contributed by atoms with E-state index in [2.05, 4.69) is 122 Å². The molecular weight excluding hydrogens is 477 g/mol. The summed E-state index contributed by atoms with van der Waals surface area (Å²) >= 11 is 0. The summed E-state index contributed by atoms with van der Waals surface area (Å²) in [5, 5.41) is 2.65. The van der Waals surface area contributed by atoms with Crippen molar-refractivity contribution >= 4 is 32.8 Å². The zero-order valence-corrected chi connectivity index (χ0v) is 26.1. The third-order valence-electron chi connectivity index (χ3n) is 7.65. The van der Waals surface area contributed by atoms with Gasteiger partial charge in [0.1, 0.15) is 0 Å². The predicted octanol–water partition coefficient (Wildman–Crippen LogP) is 7.27. The second-order valence-corrected chi connectivity index (χ2v) is 21.6. The molecule has 0 aliphatic heterocycles. The molecule has 0 amide bonds. The van der Waals surface area contributed by atoms with Crippen molar-refractivity contribution in [2.24, 2.45) is 0 Å². The second-order valence-electron chi connectivity index (χ2n) is 12.5. The highest BCUT2D eigenvalue weighted by Crippen LogP contribution is 2.39. The standard InChI is InChI=1S/C31H48O3Si2/c1-25(26(2)32)24-27(34-35(9,10)30(3,4)5)18-17-23-33-36(31(6,7)8,28-19-13-11-14-20-28)29-21-15-12-16-22-29/h11-16,19-22,27H,1,17-18,23-24H2,2-10H3. The Morgan fingerprint density at radius 1 is 0.861 bits per heavy atom. The van der Waals surface area contributed by atoms with Crippen molar-refractivity contribution in [3.05, 3.63) is 72.8 Å². The Labute approximate surface area is 222 Å². The lowest BCUT2D eigenvalue weighted by Gasteiger charge is -2.43. The fraction of sp³-hybridized carbons (Fsp3) is 0.516. The Morgan fingerprint density at radius 3 is 1.72 bits per heavy atom. The van der Waals surface area contributed by atoms with E-state index in [4.69, 9.17) is 8.85 Å². The molecule has 1 unspecified atom stereocenters. The van der Waals surface area contributed by atoms with Gasteiger partial charge < -0.3 is 8.85 Å². The molecule has 0 N–H and O–H groups in total. The lowest BCUT2D eigenvalue weighted by molar-refractivity contribution is -0.113. The van der Waals surface area contributed by atoms with Gasteiger partial charge in [-0.05, 0) is 58.9 Å². The van der Waals surface area contributed by atoms with Crippen LogP contribution in [0, 0.1) is 0 Å². The van der Waals surface area contributed by atoms with Crippen LogP contribution in [0.15, 0.2) is 72.8 Å². The number of carbonyl (C=O) groups is 1. The lowest BCUT2D eigenvalue weighted by atomic mass is 10.0. The quantitative estimate of drug-likeness (QED) is 0.166. The molecule has 198 valence electrons. The van der Waals surface area contributed by atoms with Gasteiger partial charge in [-0.2, -0.15) is 0 Å². The number of carbonyl (C=O) groups excluding carboxylic acids is 1. The van der Waals surface area contributed by atoms with Gasteiger partial charge in [0.05, 0.1) is 0 Å². The van der Waals surface area contributed by atoms with E-state index in [-0.39, 0.29) is 22.0 Å². The zero-order chi connectivity index (χ0) is 27.2. The third kappa shape index (κ3) is 7.38. The smallest absolute Gasteiger partial charge is 0.261 e. The van der Waals surface area contributed by atoms with E-state index in [1.807, 2.05) is 0 Å². The van der Waals surface area contributed by atoms with Crippen molar-refractivity contribution in [1.29, 1.82) is 0 Å². The van der Waals surface area contributed by atoms with E-state index in [1.165, 1.54) is 10.4 Å². The predicted molar refractivity (Wildman–Crippen MR) is 159 cm³/mol. The molecule has 2 aromatic carbocycles. The number of hydrogen-bond donors (Lipinski definition) is 0. The first-order chi connectivity index (χ1) is 16.6. The Bertz CT molecular complexity index is 946. The van der Waals surface area contributed by atoms with Crippen LogP contribution < -0.4 is 10.4 Å². The average molecular weight is 525 g/mol. The van der Waals surface area contributed by atoms with Crippen LogP contribution in [0.2, 0.25) is 23.2 Å². The zero-order valence-electron chi connectivity index (χ0n) is 24.1. The molecule has 1 atom stereocenters. The number of hydrogen-bond acceptors (Lipinski definition) is 3. The topological polar surface area (TPSA) is 35.5 Å². The molecule has 0 aromatic heterocycles. The molecule has 2 aromatic rings. The minimum atomic E-state index is -2.55. The van der Waals surface area contributed by atoms with Gasteiger partial charge in [0.2, 0.25) is 0 Å². The summed E-state index contributed by atoms with van der Waals surface area (Å²) in [6.07, 6.45) is 2.28. The van der Waals surface area contributed by atoms with Gasteiger partial charge in [0.15, 0.2) is 14.1 Å². The van der Waals surface area contributed by atoms with Gasteiger partial charge in [-0.3, -0.25) is 4.79 Å². The Balaban J connectivity index is 2.29. The van der Waals surface area contributed by atoms with E-state index in [0.29, 0.717) is 18.6 Å². The Kier molecular flexibility index (Phi) is 10.3. The van der Waals surface area contributed by atoms with E-state index in [0.717, 1.165) is 12.8 Å². The molecule has 0 fully saturated rings. The first-order valence-corrected chi connectivity index (χ1v) is 18.0. The fourth-order valence-electron chi connectivity index (χ4n) is 4.51. The van der Waals surface area contributed by atoms with Crippen molar-refractivity contribution in [2.45, 2.75) is 97.0 Å². The van der Waals surface area contributed by atoms with Gasteiger partial charge >= 0.3 is 0 Å². The fourth-order valence-corrected chi connectivity index (χ4v) is 10.5. The molecule has 0 aliphatic carbocycles.